The van der Waals surface area contributed by atoms with Crippen molar-refractivity contribution < 1.29 is 19.2 Å². The minimum absolute atomic E-state index is 0.0617. The lowest BCUT2D eigenvalue weighted by atomic mass is 10.1. The molecule has 10 nitrogen and oxygen atoms in total. The van der Waals surface area contributed by atoms with E-state index in [9.17, 15) is 19.2 Å². The zero-order valence-electron chi connectivity index (χ0n) is 18.3. The smallest absolute Gasteiger partial charge is 0.277 e. The van der Waals surface area contributed by atoms with E-state index in [0.717, 1.165) is 62.7 Å². The molecule has 0 aliphatic carbocycles. The molecule has 0 spiro atoms. The van der Waals surface area contributed by atoms with Crippen molar-refractivity contribution in [3.63, 3.8) is 0 Å². The lowest BCUT2D eigenvalue weighted by molar-refractivity contribution is -0.147. The summed E-state index contributed by atoms with van der Waals surface area (Å²) in [7, 11) is 0. The Kier molecular flexibility index (Phi) is 7.21. The fourth-order valence-electron chi connectivity index (χ4n) is 3.97. The Morgan fingerprint density at radius 1 is 1.19 bits per heavy atom. The highest BCUT2D eigenvalue weighted by Gasteiger charge is 2.31. The number of amides is 4. The molecule has 4 amide bonds. The monoisotopic (exact) mass is 430 g/mol. The first-order valence-corrected chi connectivity index (χ1v) is 10.6. The maximum atomic E-state index is 12.6. The third kappa shape index (κ3) is 5.38. The molecule has 3 heterocycles. The minimum atomic E-state index is -0.522. The van der Waals surface area contributed by atoms with Crippen molar-refractivity contribution in [2.45, 2.75) is 39.7 Å². The van der Waals surface area contributed by atoms with Crippen LogP contribution in [-0.4, -0.2) is 87.7 Å². The van der Waals surface area contributed by atoms with Crippen LogP contribution < -0.4 is 5.32 Å². The van der Waals surface area contributed by atoms with E-state index in [1.54, 1.807) is 17.3 Å². The molecule has 10 heteroatoms. The summed E-state index contributed by atoms with van der Waals surface area (Å²) < 4.78 is 2.08. The Hall–Kier alpha value is -3.01. The van der Waals surface area contributed by atoms with Gasteiger partial charge in [0.1, 0.15) is 12.2 Å². The van der Waals surface area contributed by atoms with Gasteiger partial charge in [0.25, 0.3) is 5.91 Å². The molecule has 168 valence electrons. The predicted octanol–water partition coefficient (Wildman–Crippen LogP) is 0.0164. The minimum Gasteiger partial charge on any atom is -0.343 e. The third-order valence-corrected chi connectivity index (χ3v) is 5.60. The summed E-state index contributed by atoms with van der Waals surface area (Å²) in [4.78, 5) is 56.5. The number of piperazine rings is 2. The SMILES string of the molecule is CC(=O)N1CC(=O)N/C(=C\c2ncn(CCCN3CCN(C=O)CC3)c2C(C)C)C1=O. The molecule has 0 bridgehead atoms. The first kappa shape index (κ1) is 22.7. The number of imide groups is 1. The summed E-state index contributed by atoms with van der Waals surface area (Å²) in [5.74, 6) is -1.23. The number of hydrogen-bond acceptors (Lipinski definition) is 6. The average molecular weight is 431 g/mol. The van der Waals surface area contributed by atoms with Crippen molar-refractivity contribution >= 4 is 30.2 Å². The van der Waals surface area contributed by atoms with Crippen molar-refractivity contribution in [3.05, 3.63) is 23.4 Å². The fraction of sp³-hybridized carbons (Fsp3) is 0.571. The number of aromatic nitrogens is 2. The Balaban J connectivity index is 1.69. The predicted molar refractivity (Wildman–Crippen MR) is 114 cm³/mol. The quantitative estimate of drug-likeness (QED) is 0.483. The van der Waals surface area contributed by atoms with E-state index in [4.69, 9.17) is 0 Å². The van der Waals surface area contributed by atoms with Gasteiger partial charge in [-0.2, -0.15) is 0 Å². The van der Waals surface area contributed by atoms with E-state index < -0.39 is 17.7 Å². The molecule has 2 saturated heterocycles. The summed E-state index contributed by atoms with van der Waals surface area (Å²) in [6, 6.07) is 0. The van der Waals surface area contributed by atoms with Gasteiger partial charge in [-0.05, 0) is 25.0 Å². The number of rotatable bonds is 7. The second-order valence-corrected chi connectivity index (χ2v) is 8.22. The summed E-state index contributed by atoms with van der Waals surface area (Å²) in [5, 5.41) is 2.56. The van der Waals surface area contributed by atoms with Gasteiger partial charge in [-0.15, -0.1) is 0 Å². The normalized spacial score (nSPS) is 19.3. The van der Waals surface area contributed by atoms with E-state index >= 15 is 0 Å². The Morgan fingerprint density at radius 3 is 2.52 bits per heavy atom. The molecule has 1 aromatic rings. The Bertz CT molecular complexity index is 882. The number of carbonyl (C=O) groups excluding carboxylic acids is 4. The van der Waals surface area contributed by atoms with Gasteiger partial charge in [0.2, 0.25) is 18.2 Å². The number of hydrogen-bond donors (Lipinski definition) is 1. The fourth-order valence-corrected chi connectivity index (χ4v) is 3.97. The molecule has 0 aromatic carbocycles. The van der Waals surface area contributed by atoms with Crippen molar-refractivity contribution in [2.75, 3.05) is 39.3 Å². The third-order valence-electron chi connectivity index (χ3n) is 5.60. The van der Waals surface area contributed by atoms with Crippen LogP contribution >= 0.6 is 0 Å². The molecule has 2 aliphatic rings. The zero-order chi connectivity index (χ0) is 22.5. The highest BCUT2D eigenvalue weighted by Crippen LogP contribution is 2.22. The highest BCUT2D eigenvalue weighted by molar-refractivity contribution is 6.12. The maximum Gasteiger partial charge on any atom is 0.277 e. The molecular weight excluding hydrogens is 400 g/mol. The molecule has 0 radical (unpaired) electrons. The van der Waals surface area contributed by atoms with Crippen LogP contribution in [0.4, 0.5) is 0 Å². The molecular formula is C21H30N6O4. The molecule has 2 fully saturated rings. The maximum absolute atomic E-state index is 12.6. The summed E-state index contributed by atoms with van der Waals surface area (Å²) in [6.07, 6.45) is 5.15. The summed E-state index contributed by atoms with van der Waals surface area (Å²) >= 11 is 0. The second kappa shape index (κ2) is 9.86. The van der Waals surface area contributed by atoms with E-state index in [0.29, 0.717) is 5.69 Å². The Morgan fingerprint density at radius 2 is 1.90 bits per heavy atom. The number of carbonyl (C=O) groups is 4. The zero-order valence-corrected chi connectivity index (χ0v) is 18.3. The van der Waals surface area contributed by atoms with Crippen LogP contribution in [0.25, 0.3) is 6.08 Å². The molecule has 1 N–H and O–H groups in total. The molecule has 3 rings (SSSR count). The molecule has 2 aliphatic heterocycles. The lowest BCUT2D eigenvalue weighted by Crippen LogP contribution is -2.51. The van der Waals surface area contributed by atoms with Gasteiger partial charge in [0.15, 0.2) is 0 Å². The first-order chi connectivity index (χ1) is 14.8. The number of aryl methyl sites for hydroxylation is 1. The number of imidazole rings is 1. The molecule has 1 aromatic heterocycles. The Labute approximate surface area is 181 Å². The topological polar surface area (TPSA) is 108 Å². The van der Waals surface area contributed by atoms with Crippen LogP contribution in [0.15, 0.2) is 12.0 Å². The van der Waals surface area contributed by atoms with Gasteiger partial charge in [-0.3, -0.25) is 29.0 Å². The summed E-state index contributed by atoms with van der Waals surface area (Å²) in [6.45, 7) is 10.1. The average Bonchev–Trinajstić information content (AvgIpc) is 3.13. The van der Waals surface area contributed by atoms with Gasteiger partial charge in [0.05, 0.1) is 12.0 Å². The van der Waals surface area contributed by atoms with Gasteiger partial charge in [0, 0.05) is 45.3 Å². The largest absolute Gasteiger partial charge is 0.343 e. The molecule has 31 heavy (non-hydrogen) atoms. The van der Waals surface area contributed by atoms with E-state index in [1.165, 1.54) is 6.92 Å². The number of nitrogens with zero attached hydrogens (tertiary/aromatic N) is 5. The van der Waals surface area contributed by atoms with Crippen molar-refractivity contribution in [1.29, 1.82) is 0 Å². The van der Waals surface area contributed by atoms with Crippen LogP contribution in [-0.2, 0) is 25.7 Å². The first-order valence-electron chi connectivity index (χ1n) is 10.6. The lowest BCUT2D eigenvalue weighted by Gasteiger charge is -2.32. The molecule has 0 saturated carbocycles. The van der Waals surface area contributed by atoms with Gasteiger partial charge < -0.3 is 14.8 Å². The van der Waals surface area contributed by atoms with Crippen LogP contribution in [0.1, 0.15) is 44.5 Å². The summed E-state index contributed by atoms with van der Waals surface area (Å²) in [5.41, 5.74) is 1.65. The highest BCUT2D eigenvalue weighted by atomic mass is 16.2. The molecule has 0 atom stereocenters. The van der Waals surface area contributed by atoms with Crippen LogP contribution in [0.5, 0.6) is 0 Å². The van der Waals surface area contributed by atoms with E-state index in [1.807, 2.05) is 0 Å². The van der Waals surface area contributed by atoms with Gasteiger partial charge in [-0.25, -0.2) is 4.98 Å². The second-order valence-electron chi connectivity index (χ2n) is 8.22. The number of nitrogens with one attached hydrogen (secondary N) is 1. The van der Waals surface area contributed by atoms with Crippen LogP contribution in [0, 0.1) is 0 Å². The van der Waals surface area contributed by atoms with Gasteiger partial charge >= 0.3 is 0 Å². The van der Waals surface area contributed by atoms with E-state index in [-0.39, 0.29) is 18.2 Å². The van der Waals surface area contributed by atoms with Crippen molar-refractivity contribution in [2.24, 2.45) is 0 Å². The van der Waals surface area contributed by atoms with Crippen LogP contribution in [0.2, 0.25) is 0 Å². The van der Waals surface area contributed by atoms with E-state index in [2.05, 4.69) is 33.6 Å². The van der Waals surface area contributed by atoms with Crippen molar-refractivity contribution in [1.82, 2.24) is 29.6 Å². The standard InChI is InChI=1S/C21H30N6O4/c1-15(2)20-17(11-18-21(31)27(16(3)29)12-19(30)23-18)22-13-26(20)6-4-5-24-7-9-25(14-28)10-8-24/h11,13-15H,4-10,12H2,1-3H3,(H,23,30)/b18-11-. The van der Waals surface area contributed by atoms with Crippen LogP contribution in [0.3, 0.4) is 0 Å². The van der Waals surface area contributed by atoms with Gasteiger partial charge in [-0.1, -0.05) is 13.8 Å². The van der Waals surface area contributed by atoms with Crippen molar-refractivity contribution in [3.8, 4) is 0 Å². The molecule has 0 unspecified atom stereocenters.